The van der Waals surface area contributed by atoms with E-state index in [2.05, 4.69) is 20.9 Å². The summed E-state index contributed by atoms with van der Waals surface area (Å²) in [5, 5.41) is 8.48. The fourth-order valence-electron chi connectivity index (χ4n) is 2.40. The number of benzene rings is 1. The molecule has 1 aromatic rings. The van der Waals surface area contributed by atoms with E-state index in [1.165, 1.54) is 7.05 Å². The van der Waals surface area contributed by atoms with Crippen LogP contribution in [-0.2, 0) is 11.3 Å². The molecule has 5 nitrogen and oxygen atoms in total. The zero-order chi connectivity index (χ0) is 18.3. The number of rotatable bonds is 6. The minimum absolute atomic E-state index is 0. The van der Waals surface area contributed by atoms with E-state index in [0.29, 0.717) is 12.5 Å². The second-order valence-electron chi connectivity index (χ2n) is 6.04. The van der Waals surface area contributed by atoms with Crippen molar-refractivity contribution in [2.24, 2.45) is 10.9 Å². The fourth-order valence-corrected chi connectivity index (χ4v) is 2.40. The maximum atomic E-state index is 12.2. The van der Waals surface area contributed by atoms with Crippen molar-refractivity contribution in [3.05, 3.63) is 29.8 Å². The van der Waals surface area contributed by atoms with Crippen molar-refractivity contribution < 1.29 is 18.0 Å². The smallest absolute Gasteiger partial charge is 0.356 e. The number of hydrogen-bond acceptors (Lipinski definition) is 2. The lowest BCUT2D eigenvalue weighted by molar-refractivity contribution is -0.132. The Labute approximate surface area is 168 Å². The van der Waals surface area contributed by atoms with Gasteiger partial charge in [0.1, 0.15) is 0 Å². The molecule has 0 spiro atoms. The average Bonchev–Trinajstić information content (AvgIpc) is 2.48. The highest BCUT2D eigenvalue weighted by molar-refractivity contribution is 14.0. The van der Waals surface area contributed by atoms with Crippen molar-refractivity contribution in [1.82, 2.24) is 10.6 Å². The van der Waals surface area contributed by atoms with Crippen molar-refractivity contribution in [1.29, 1.82) is 0 Å². The third kappa shape index (κ3) is 7.79. The summed E-state index contributed by atoms with van der Waals surface area (Å²) in [4.78, 5) is 15.9. The summed E-state index contributed by atoms with van der Waals surface area (Å²) in [6, 6.07) is 7.35. The molecule has 0 saturated heterocycles. The van der Waals surface area contributed by atoms with Gasteiger partial charge in [-0.25, -0.2) is 0 Å². The van der Waals surface area contributed by atoms with Gasteiger partial charge in [-0.15, -0.1) is 24.0 Å². The van der Waals surface area contributed by atoms with E-state index in [1.807, 2.05) is 24.3 Å². The minimum atomic E-state index is -4.20. The summed E-state index contributed by atoms with van der Waals surface area (Å²) in [5.41, 5.74) is 1.61. The molecule has 1 aliphatic rings. The molecule has 1 fully saturated rings. The maximum Gasteiger partial charge on any atom is 0.390 e. The van der Waals surface area contributed by atoms with Gasteiger partial charge in [0.2, 0.25) is 5.91 Å². The Kier molecular flexibility index (Phi) is 9.17. The van der Waals surface area contributed by atoms with E-state index in [1.54, 1.807) is 0 Å². The zero-order valence-electron chi connectivity index (χ0n) is 14.5. The van der Waals surface area contributed by atoms with Crippen LogP contribution in [0.25, 0.3) is 0 Å². The van der Waals surface area contributed by atoms with Gasteiger partial charge >= 0.3 is 6.18 Å². The monoisotopic (exact) mass is 484 g/mol. The van der Waals surface area contributed by atoms with Crippen molar-refractivity contribution in [2.45, 2.75) is 38.4 Å². The van der Waals surface area contributed by atoms with Gasteiger partial charge in [-0.1, -0.05) is 18.6 Å². The van der Waals surface area contributed by atoms with Gasteiger partial charge in [0.25, 0.3) is 0 Å². The molecule has 146 valence electrons. The van der Waals surface area contributed by atoms with E-state index in [9.17, 15) is 18.0 Å². The summed E-state index contributed by atoms with van der Waals surface area (Å²) in [6.07, 6.45) is -2.14. The molecule has 1 aromatic carbocycles. The van der Waals surface area contributed by atoms with Gasteiger partial charge in [0, 0.05) is 31.7 Å². The van der Waals surface area contributed by atoms with E-state index < -0.39 is 12.6 Å². The molecule has 1 saturated carbocycles. The molecule has 0 radical (unpaired) electrons. The van der Waals surface area contributed by atoms with Crippen LogP contribution in [0.15, 0.2) is 29.3 Å². The second-order valence-corrected chi connectivity index (χ2v) is 6.04. The SMILES string of the molecule is CN=C(NCCC(F)(F)F)NCc1cccc(NC(=O)C2CCC2)c1.I. The Morgan fingerprint density at radius 2 is 2.00 bits per heavy atom. The van der Waals surface area contributed by atoms with Crippen molar-refractivity contribution in [2.75, 3.05) is 18.9 Å². The molecule has 0 aliphatic heterocycles. The molecule has 0 heterocycles. The first-order valence-corrected chi connectivity index (χ1v) is 8.28. The quantitative estimate of drug-likeness (QED) is 0.328. The lowest BCUT2D eigenvalue weighted by Gasteiger charge is -2.24. The molecule has 0 aromatic heterocycles. The Hall–Kier alpha value is -1.52. The van der Waals surface area contributed by atoms with Crippen LogP contribution in [0.2, 0.25) is 0 Å². The van der Waals surface area contributed by atoms with Crippen molar-refractivity contribution in [3.8, 4) is 0 Å². The highest BCUT2D eigenvalue weighted by Crippen LogP contribution is 2.27. The molecule has 1 aliphatic carbocycles. The Balaban J connectivity index is 0.00000338. The van der Waals surface area contributed by atoms with Gasteiger partial charge in [0.15, 0.2) is 5.96 Å². The molecule has 0 atom stereocenters. The number of carbonyl (C=O) groups is 1. The lowest BCUT2D eigenvalue weighted by Crippen LogP contribution is -2.38. The summed E-state index contributed by atoms with van der Waals surface area (Å²) < 4.78 is 36.5. The minimum Gasteiger partial charge on any atom is -0.356 e. The number of nitrogens with zero attached hydrogens (tertiary/aromatic N) is 1. The number of aliphatic imine (C=N–C) groups is 1. The molecule has 2 rings (SSSR count). The number of amides is 1. The summed E-state index contributed by atoms with van der Waals surface area (Å²) >= 11 is 0. The number of alkyl halides is 3. The second kappa shape index (κ2) is 10.6. The zero-order valence-corrected chi connectivity index (χ0v) is 16.9. The van der Waals surface area contributed by atoms with Crippen LogP contribution in [0.4, 0.5) is 18.9 Å². The van der Waals surface area contributed by atoms with Crippen LogP contribution >= 0.6 is 24.0 Å². The highest BCUT2D eigenvalue weighted by Gasteiger charge is 2.26. The van der Waals surface area contributed by atoms with E-state index in [-0.39, 0.29) is 42.3 Å². The first-order valence-electron chi connectivity index (χ1n) is 8.28. The number of guanidine groups is 1. The topological polar surface area (TPSA) is 65.5 Å². The maximum absolute atomic E-state index is 12.2. The van der Waals surface area contributed by atoms with Gasteiger partial charge in [-0.05, 0) is 30.5 Å². The number of nitrogens with one attached hydrogen (secondary N) is 3. The van der Waals surface area contributed by atoms with Crippen LogP contribution in [0.1, 0.15) is 31.2 Å². The molecule has 26 heavy (non-hydrogen) atoms. The molecule has 1 amide bonds. The summed E-state index contributed by atoms with van der Waals surface area (Å²) in [5.74, 6) is 0.451. The molecule has 0 unspecified atom stereocenters. The number of anilines is 1. The van der Waals surface area contributed by atoms with Gasteiger partial charge in [0.05, 0.1) is 6.42 Å². The van der Waals surface area contributed by atoms with Crippen LogP contribution in [0.5, 0.6) is 0 Å². The van der Waals surface area contributed by atoms with E-state index >= 15 is 0 Å². The standard InChI is InChI=1S/C17H23F3N4O.HI/c1-21-16(22-9-8-17(18,19)20)23-11-12-4-2-7-14(10-12)24-15(25)13-5-3-6-13;/h2,4,7,10,13H,3,5-6,8-9,11H2,1H3,(H,24,25)(H2,21,22,23);1H. The number of carbonyl (C=O) groups excluding carboxylic acids is 1. The van der Waals surface area contributed by atoms with Crippen LogP contribution < -0.4 is 16.0 Å². The Morgan fingerprint density at radius 3 is 2.58 bits per heavy atom. The summed E-state index contributed by atoms with van der Waals surface area (Å²) in [7, 11) is 1.50. The number of hydrogen-bond donors (Lipinski definition) is 3. The molecular formula is C17H24F3IN4O. The Morgan fingerprint density at radius 1 is 1.27 bits per heavy atom. The molecule has 9 heteroatoms. The third-order valence-corrected chi connectivity index (χ3v) is 4.05. The molecular weight excluding hydrogens is 460 g/mol. The van der Waals surface area contributed by atoms with Crippen molar-refractivity contribution >= 4 is 41.5 Å². The normalized spacial score (nSPS) is 14.8. The number of halogens is 4. The fraction of sp³-hybridized carbons (Fsp3) is 0.529. The first-order chi connectivity index (χ1) is 11.9. The van der Waals surface area contributed by atoms with Gasteiger partial charge < -0.3 is 16.0 Å². The molecule has 3 N–H and O–H groups in total. The predicted octanol–water partition coefficient (Wildman–Crippen LogP) is 3.66. The third-order valence-electron chi connectivity index (χ3n) is 4.05. The highest BCUT2D eigenvalue weighted by atomic mass is 127. The lowest BCUT2D eigenvalue weighted by atomic mass is 9.85. The summed E-state index contributed by atoms with van der Waals surface area (Å²) in [6.45, 7) is 0.152. The largest absolute Gasteiger partial charge is 0.390 e. The van der Waals surface area contributed by atoms with Crippen molar-refractivity contribution in [3.63, 3.8) is 0 Å². The van der Waals surface area contributed by atoms with Crippen LogP contribution in [0, 0.1) is 5.92 Å². The first kappa shape index (κ1) is 22.5. The Bertz CT molecular complexity index is 618. The van der Waals surface area contributed by atoms with Gasteiger partial charge in [-0.3, -0.25) is 9.79 Å². The van der Waals surface area contributed by atoms with E-state index in [4.69, 9.17) is 0 Å². The predicted molar refractivity (Wildman–Crippen MR) is 107 cm³/mol. The average molecular weight is 484 g/mol. The van der Waals surface area contributed by atoms with Gasteiger partial charge in [-0.2, -0.15) is 13.2 Å². The van der Waals surface area contributed by atoms with Crippen LogP contribution in [-0.4, -0.2) is 31.6 Å². The van der Waals surface area contributed by atoms with Crippen LogP contribution in [0.3, 0.4) is 0 Å². The molecule has 0 bridgehead atoms. The van der Waals surface area contributed by atoms with E-state index in [0.717, 1.165) is 30.5 Å².